The summed E-state index contributed by atoms with van der Waals surface area (Å²) in [5.41, 5.74) is 2.01. The van der Waals surface area contributed by atoms with E-state index >= 15 is 0 Å². The molecule has 2 aromatic heterocycles. The molecule has 2 heterocycles. The van der Waals surface area contributed by atoms with Crippen molar-refractivity contribution in [3.63, 3.8) is 0 Å². The molecule has 0 saturated heterocycles. The maximum absolute atomic E-state index is 5.92. The van der Waals surface area contributed by atoms with E-state index in [2.05, 4.69) is 32.7 Å². The molecule has 0 spiro atoms. The molecular weight excluding hydrogens is 348 g/mol. The van der Waals surface area contributed by atoms with Crippen molar-refractivity contribution in [2.24, 2.45) is 4.99 Å². The summed E-state index contributed by atoms with van der Waals surface area (Å²) in [7, 11) is 0. The molecule has 0 atom stereocenters. The number of aromatic nitrogens is 3. The number of pyridine rings is 1. The summed E-state index contributed by atoms with van der Waals surface area (Å²) in [5, 5.41) is 15.8. The van der Waals surface area contributed by atoms with Crippen molar-refractivity contribution in [3.05, 3.63) is 65.1 Å². The number of benzene rings is 1. The zero-order valence-corrected chi connectivity index (χ0v) is 15.6. The normalized spacial score (nSPS) is 11.7. The van der Waals surface area contributed by atoms with Crippen molar-refractivity contribution in [1.29, 1.82) is 0 Å². The van der Waals surface area contributed by atoms with Crippen LogP contribution in [0.3, 0.4) is 0 Å². The highest BCUT2D eigenvalue weighted by atomic mass is 35.5. The molecule has 3 rings (SSSR count). The molecule has 7 heteroatoms. The molecule has 0 saturated carbocycles. The van der Waals surface area contributed by atoms with Crippen molar-refractivity contribution < 1.29 is 0 Å². The van der Waals surface area contributed by atoms with Gasteiger partial charge in [-0.15, -0.1) is 10.2 Å². The topological polar surface area (TPSA) is 66.6 Å². The van der Waals surface area contributed by atoms with Crippen molar-refractivity contribution in [1.82, 2.24) is 25.2 Å². The molecule has 6 nitrogen and oxygen atoms in total. The van der Waals surface area contributed by atoms with Gasteiger partial charge in [-0.2, -0.15) is 0 Å². The Morgan fingerprint density at radius 1 is 1.12 bits per heavy atom. The molecule has 0 amide bonds. The van der Waals surface area contributed by atoms with Crippen molar-refractivity contribution in [3.8, 4) is 0 Å². The number of nitrogens with zero attached hydrogens (tertiary/aromatic N) is 4. The molecule has 0 aliphatic heterocycles. The van der Waals surface area contributed by atoms with Crippen LogP contribution in [-0.2, 0) is 13.0 Å². The Morgan fingerprint density at radius 3 is 2.77 bits per heavy atom. The van der Waals surface area contributed by atoms with Crippen LogP contribution in [0, 0.1) is 0 Å². The van der Waals surface area contributed by atoms with Gasteiger partial charge >= 0.3 is 0 Å². The first-order valence-corrected chi connectivity index (χ1v) is 9.19. The molecule has 0 unspecified atom stereocenters. The third-order valence-electron chi connectivity index (χ3n) is 3.93. The summed E-state index contributed by atoms with van der Waals surface area (Å²) >= 11 is 5.92. The highest BCUT2D eigenvalue weighted by molar-refractivity contribution is 6.30. The van der Waals surface area contributed by atoms with Gasteiger partial charge in [0.2, 0.25) is 0 Å². The fourth-order valence-corrected chi connectivity index (χ4v) is 2.74. The van der Waals surface area contributed by atoms with Crippen LogP contribution in [0.5, 0.6) is 0 Å². The maximum atomic E-state index is 5.92. The van der Waals surface area contributed by atoms with Gasteiger partial charge in [0.1, 0.15) is 5.82 Å². The van der Waals surface area contributed by atoms with Gasteiger partial charge in [-0.3, -0.25) is 4.40 Å². The second-order valence-electron chi connectivity index (χ2n) is 5.90. The number of rotatable bonds is 7. The van der Waals surface area contributed by atoms with E-state index in [4.69, 9.17) is 11.6 Å². The third kappa shape index (κ3) is 4.95. The van der Waals surface area contributed by atoms with Crippen LogP contribution in [0.1, 0.15) is 24.7 Å². The number of aryl methyl sites for hydroxylation is 1. The third-order valence-corrected chi connectivity index (χ3v) is 4.18. The second kappa shape index (κ2) is 9.20. The lowest BCUT2D eigenvalue weighted by Gasteiger charge is -2.11. The smallest absolute Gasteiger partial charge is 0.191 e. The summed E-state index contributed by atoms with van der Waals surface area (Å²) in [6.45, 7) is 4.30. The van der Waals surface area contributed by atoms with Crippen LogP contribution in [0.25, 0.3) is 5.65 Å². The van der Waals surface area contributed by atoms with Crippen LogP contribution >= 0.6 is 11.6 Å². The van der Waals surface area contributed by atoms with E-state index in [1.165, 1.54) is 0 Å². The lowest BCUT2D eigenvalue weighted by Crippen LogP contribution is -2.37. The van der Waals surface area contributed by atoms with Gasteiger partial charge in [-0.1, -0.05) is 29.8 Å². The highest BCUT2D eigenvalue weighted by Crippen LogP contribution is 2.10. The number of halogens is 1. The lowest BCUT2D eigenvalue weighted by molar-refractivity contribution is 0.715. The number of aliphatic imine (C=N–C) groups is 1. The van der Waals surface area contributed by atoms with Gasteiger partial charge < -0.3 is 10.6 Å². The predicted molar refractivity (Wildman–Crippen MR) is 106 cm³/mol. The molecular formula is C19H23ClN6. The quantitative estimate of drug-likeness (QED) is 0.381. The molecule has 2 N–H and O–H groups in total. The summed E-state index contributed by atoms with van der Waals surface area (Å²) in [4.78, 5) is 4.62. The Kier molecular flexibility index (Phi) is 6.44. The van der Waals surface area contributed by atoms with Gasteiger partial charge in [-0.25, -0.2) is 4.99 Å². The van der Waals surface area contributed by atoms with Crippen LogP contribution in [0.4, 0.5) is 0 Å². The summed E-state index contributed by atoms with van der Waals surface area (Å²) < 4.78 is 2.03. The molecule has 0 aliphatic rings. The monoisotopic (exact) mass is 370 g/mol. The van der Waals surface area contributed by atoms with E-state index in [1.54, 1.807) is 0 Å². The van der Waals surface area contributed by atoms with Gasteiger partial charge in [0.05, 0.1) is 6.54 Å². The van der Waals surface area contributed by atoms with E-state index in [0.29, 0.717) is 6.54 Å². The second-order valence-corrected chi connectivity index (χ2v) is 6.33. The first kappa shape index (κ1) is 18.2. The van der Waals surface area contributed by atoms with Gasteiger partial charge in [0, 0.05) is 30.7 Å². The molecule has 0 fully saturated rings. The van der Waals surface area contributed by atoms with Gasteiger partial charge in [0.15, 0.2) is 11.6 Å². The van der Waals surface area contributed by atoms with Crippen LogP contribution < -0.4 is 10.6 Å². The standard InChI is InChI=1S/C19H23ClN6/c1-2-21-19(23-14-15-8-10-16(20)11-9-15)22-12-5-7-18-25-24-17-6-3-4-13-26(17)18/h3-4,6,8-11,13H,2,5,7,12,14H2,1H3,(H2,21,22,23). The Hall–Kier alpha value is -2.60. The number of nitrogens with one attached hydrogen (secondary N) is 2. The molecule has 0 aliphatic carbocycles. The Labute approximate surface area is 158 Å². The zero-order valence-electron chi connectivity index (χ0n) is 14.8. The Balaban J connectivity index is 1.50. The SMILES string of the molecule is CCNC(=NCc1ccc(Cl)cc1)NCCCc1nnc2ccccn12. The fourth-order valence-electron chi connectivity index (χ4n) is 2.62. The lowest BCUT2D eigenvalue weighted by atomic mass is 10.2. The minimum Gasteiger partial charge on any atom is -0.357 e. The summed E-state index contributed by atoms with van der Waals surface area (Å²) in [5.74, 6) is 1.79. The molecule has 136 valence electrons. The van der Waals surface area contributed by atoms with E-state index in [1.807, 2.05) is 53.1 Å². The fraction of sp³-hybridized carbons (Fsp3) is 0.316. The molecule has 0 radical (unpaired) electrons. The average Bonchev–Trinajstić information content (AvgIpc) is 3.07. The number of fused-ring (bicyclic) bond motifs is 1. The minimum absolute atomic E-state index is 0.612. The Morgan fingerprint density at radius 2 is 1.96 bits per heavy atom. The van der Waals surface area contributed by atoms with Gasteiger partial charge in [0.25, 0.3) is 0 Å². The van der Waals surface area contributed by atoms with Crippen LogP contribution in [-0.4, -0.2) is 33.6 Å². The highest BCUT2D eigenvalue weighted by Gasteiger charge is 2.04. The van der Waals surface area contributed by atoms with Crippen molar-refractivity contribution in [2.75, 3.05) is 13.1 Å². The largest absolute Gasteiger partial charge is 0.357 e. The van der Waals surface area contributed by atoms with Crippen LogP contribution in [0.2, 0.25) is 5.02 Å². The zero-order chi connectivity index (χ0) is 18.2. The van der Waals surface area contributed by atoms with Crippen LogP contribution in [0.15, 0.2) is 53.7 Å². The first-order valence-electron chi connectivity index (χ1n) is 8.81. The van der Waals surface area contributed by atoms with E-state index in [9.17, 15) is 0 Å². The number of guanidine groups is 1. The predicted octanol–water partition coefficient (Wildman–Crippen LogP) is 3.07. The first-order chi connectivity index (χ1) is 12.8. The number of hydrogen-bond acceptors (Lipinski definition) is 3. The van der Waals surface area contributed by atoms with E-state index in [-0.39, 0.29) is 0 Å². The minimum atomic E-state index is 0.612. The Bertz CT molecular complexity index is 856. The van der Waals surface area contributed by atoms with E-state index < -0.39 is 0 Å². The average molecular weight is 371 g/mol. The molecule has 0 bridgehead atoms. The summed E-state index contributed by atoms with van der Waals surface area (Å²) in [6, 6.07) is 13.7. The molecule has 26 heavy (non-hydrogen) atoms. The van der Waals surface area contributed by atoms with Crippen molar-refractivity contribution >= 4 is 23.2 Å². The number of hydrogen-bond donors (Lipinski definition) is 2. The maximum Gasteiger partial charge on any atom is 0.191 e. The molecule has 3 aromatic rings. The molecule has 1 aromatic carbocycles. The summed E-state index contributed by atoms with van der Waals surface area (Å²) in [6.07, 6.45) is 3.80. The van der Waals surface area contributed by atoms with E-state index in [0.717, 1.165) is 53.9 Å². The van der Waals surface area contributed by atoms with Crippen molar-refractivity contribution in [2.45, 2.75) is 26.3 Å². The van der Waals surface area contributed by atoms with Gasteiger partial charge in [-0.05, 0) is 43.2 Å².